The number of alkyl halides is 3. The lowest BCUT2D eigenvalue weighted by molar-refractivity contribution is -0.138. The molecular weight excluding hydrogens is 267 g/mol. The maximum Gasteiger partial charge on any atom is 0.417 e. The molecule has 0 saturated heterocycles. The van der Waals surface area contributed by atoms with Crippen molar-refractivity contribution in [2.45, 2.75) is 31.5 Å². The Morgan fingerprint density at radius 2 is 1.80 bits per heavy atom. The lowest BCUT2D eigenvalue weighted by atomic mass is 9.79. The smallest absolute Gasteiger partial charge is 0.327 e. The van der Waals surface area contributed by atoms with Gasteiger partial charge in [-0.2, -0.15) is 13.2 Å². The molecule has 2 saturated carbocycles. The average molecular weight is 283 g/mol. The Kier molecular flexibility index (Phi) is 3.12. The van der Waals surface area contributed by atoms with Gasteiger partial charge in [-0.3, -0.25) is 4.79 Å². The van der Waals surface area contributed by atoms with Gasteiger partial charge in [0.1, 0.15) is 0 Å². The van der Waals surface area contributed by atoms with Crippen LogP contribution in [0.2, 0.25) is 0 Å². The first-order chi connectivity index (χ1) is 9.39. The average Bonchev–Trinajstić information content (AvgIpc) is 2.98. The maximum atomic E-state index is 13.0. The van der Waals surface area contributed by atoms with Crippen molar-refractivity contribution < 1.29 is 18.0 Å². The van der Waals surface area contributed by atoms with Crippen LogP contribution in [0, 0.1) is 17.8 Å². The van der Waals surface area contributed by atoms with Crippen LogP contribution in [0.5, 0.6) is 0 Å². The van der Waals surface area contributed by atoms with Crippen LogP contribution in [0.3, 0.4) is 0 Å². The van der Waals surface area contributed by atoms with Crippen LogP contribution in [-0.4, -0.2) is 11.8 Å². The number of carbonyl (C=O) groups is 1. The van der Waals surface area contributed by atoms with Gasteiger partial charge in [-0.15, -0.1) is 0 Å². The summed E-state index contributed by atoms with van der Waals surface area (Å²) in [5.74, 6) is -0.425. The van der Waals surface area contributed by atoms with E-state index in [0.717, 1.165) is 25.3 Å². The summed E-state index contributed by atoms with van der Waals surface area (Å²) in [5, 5.41) is 0. The van der Waals surface area contributed by atoms with Gasteiger partial charge < -0.3 is 5.73 Å². The van der Waals surface area contributed by atoms with Crippen molar-refractivity contribution in [3.05, 3.63) is 35.4 Å². The highest BCUT2D eigenvalue weighted by atomic mass is 19.4. The molecule has 0 aliphatic heterocycles. The molecule has 108 valence electrons. The quantitative estimate of drug-likeness (QED) is 0.847. The van der Waals surface area contributed by atoms with Crippen molar-refractivity contribution in [2.24, 2.45) is 23.5 Å². The van der Waals surface area contributed by atoms with Gasteiger partial charge in [0.2, 0.25) is 0 Å². The topological polar surface area (TPSA) is 43.1 Å². The molecule has 20 heavy (non-hydrogen) atoms. The lowest BCUT2D eigenvalue weighted by Gasteiger charge is -2.27. The van der Waals surface area contributed by atoms with E-state index < -0.39 is 23.4 Å². The molecule has 0 radical (unpaired) electrons. The van der Waals surface area contributed by atoms with E-state index >= 15 is 0 Å². The second kappa shape index (κ2) is 4.58. The van der Waals surface area contributed by atoms with E-state index in [1.165, 1.54) is 18.2 Å². The fourth-order valence-corrected chi connectivity index (χ4v) is 3.85. The number of Topliss-reactive ketones (excluding diaryl/α,β-unsaturated/α-hetero) is 1. The number of ketones is 1. The van der Waals surface area contributed by atoms with Gasteiger partial charge in [0.05, 0.1) is 5.56 Å². The summed E-state index contributed by atoms with van der Waals surface area (Å²) in [6.07, 6.45) is -1.72. The van der Waals surface area contributed by atoms with Crippen molar-refractivity contribution >= 4 is 5.78 Å². The van der Waals surface area contributed by atoms with E-state index in [1.54, 1.807) is 0 Å². The zero-order valence-electron chi connectivity index (χ0n) is 10.9. The molecule has 1 aromatic carbocycles. The zero-order valence-corrected chi connectivity index (χ0v) is 10.9. The second-order valence-electron chi connectivity index (χ2n) is 5.84. The summed E-state index contributed by atoms with van der Waals surface area (Å²) < 4.78 is 39.0. The number of nitrogens with two attached hydrogens (primary N) is 1. The Labute approximate surface area is 115 Å². The van der Waals surface area contributed by atoms with Crippen LogP contribution in [-0.2, 0) is 6.18 Å². The molecule has 2 bridgehead atoms. The summed E-state index contributed by atoms with van der Waals surface area (Å²) in [7, 11) is 0. The minimum absolute atomic E-state index is 0.156. The summed E-state index contributed by atoms with van der Waals surface area (Å²) >= 11 is 0. The van der Waals surface area contributed by atoms with E-state index in [4.69, 9.17) is 5.73 Å². The molecule has 2 aliphatic carbocycles. The van der Waals surface area contributed by atoms with Crippen molar-refractivity contribution in [1.82, 2.24) is 0 Å². The van der Waals surface area contributed by atoms with Gasteiger partial charge in [0.25, 0.3) is 0 Å². The molecule has 0 amide bonds. The van der Waals surface area contributed by atoms with Gasteiger partial charge >= 0.3 is 6.18 Å². The van der Waals surface area contributed by atoms with Crippen LogP contribution in [0.15, 0.2) is 24.3 Å². The number of hydrogen-bond donors (Lipinski definition) is 1. The number of halogens is 3. The van der Waals surface area contributed by atoms with Crippen LogP contribution in [0.1, 0.15) is 35.2 Å². The summed E-state index contributed by atoms with van der Waals surface area (Å²) in [6.45, 7) is 0. The predicted molar refractivity (Wildman–Crippen MR) is 68.1 cm³/mol. The molecule has 2 N–H and O–H groups in total. The van der Waals surface area contributed by atoms with Gasteiger partial charge in [0, 0.05) is 17.5 Å². The monoisotopic (exact) mass is 283 g/mol. The molecule has 2 fully saturated rings. The Morgan fingerprint density at radius 1 is 1.15 bits per heavy atom. The van der Waals surface area contributed by atoms with Gasteiger partial charge in [-0.05, 0) is 37.2 Å². The molecule has 1 aromatic rings. The highest BCUT2D eigenvalue weighted by Crippen LogP contribution is 2.49. The Morgan fingerprint density at radius 3 is 2.40 bits per heavy atom. The lowest BCUT2D eigenvalue weighted by Crippen LogP contribution is -2.40. The molecule has 3 rings (SSSR count). The number of carbonyl (C=O) groups excluding carboxylic acids is 1. The highest BCUT2D eigenvalue weighted by molar-refractivity contribution is 6.00. The van der Waals surface area contributed by atoms with Crippen molar-refractivity contribution in [2.75, 3.05) is 0 Å². The van der Waals surface area contributed by atoms with Crippen molar-refractivity contribution in [1.29, 1.82) is 0 Å². The van der Waals surface area contributed by atoms with E-state index in [1.807, 2.05) is 0 Å². The highest BCUT2D eigenvalue weighted by Gasteiger charge is 2.50. The fourth-order valence-electron chi connectivity index (χ4n) is 3.85. The fraction of sp³-hybridized carbons (Fsp3) is 0.533. The summed E-state index contributed by atoms with van der Waals surface area (Å²) in [5.41, 5.74) is 4.98. The molecule has 0 aromatic heterocycles. The third kappa shape index (κ3) is 2.04. The van der Waals surface area contributed by atoms with E-state index in [-0.39, 0.29) is 17.5 Å². The maximum absolute atomic E-state index is 13.0. The molecular formula is C15H16F3NO. The van der Waals surface area contributed by atoms with Gasteiger partial charge in [-0.1, -0.05) is 18.2 Å². The molecule has 0 heterocycles. The third-order valence-electron chi connectivity index (χ3n) is 4.78. The minimum atomic E-state index is -4.51. The predicted octanol–water partition coefficient (Wildman–Crippen LogP) is 3.26. The Bertz CT molecular complexity index is 538. The van der Waals surface area contributed by atoms with Gasteiger partial charge in [-0.25, -0.2) is 0 Å². The number of rotatable bonds is 2. The van der Waals surface area contributed by atoms with Crippen LogP contribution >= 0.6 is 0 Å². The van der Waals surface area contributed by atoms with Gasteiger partial charge in [0.15, 0.2) is 5.78 Å². The molecule has 2 aliphatic rings. The van der Waals surface area contributed by atoms with Crippen LogP contribution in [0.4, 0.5) is 13.2 Å². The van der Waals surface area contributed by atoms with Crippen molar-refractivity contribution in [3.63, 3.8) is 0 Å². The first-order valence-electron chi connectivity index (χ1n) is 6.85. The summed E-state index contributed by atoms with van der Waals surface area (Å²) in [4.78, 5) is 12.5. The SMILES string of the molecule is NC1C2CCC(C2)C1C(=O)c1ccccc1C(F)(F)F. The Balaban J connectivity index is 1.96. The molecule has 0 spiro atoms. The standard InChI is InChI=1S/C15H16F3NO/c16-15(17,18)11-4-2-1-3-10(11)14(20)12-8-5-6-9(7-8)13(12)19/h1-4,8-9,12-13H,5-7,19H2. The second-order valence-corrected chi connectivity index (χ2v) is 5.84. The Hall–Kier alpha value is -1.36. The normalized spacial score (nSPS) is 32.6. The number of fused-ring (bicyclic) bond motifs is 2. The first-order valence-corrected chi connectivity index (χ1v) is 6.85. The largest absolute Gasteiger partial charge is 0.417 e. The van der Waals surface area contributed by atoms with Crippen LogP contribution in [0.25, 0.3) is 0 Å². The zero-order chi connectivity index (χ0) is 14.5. The number of benzene rings is 1. The van der Waals surface area contributed by atoms with Crippen LogP contribution < -0.4 is 5.73 Å². The molecule has 4 unspecified atom stereocenters. The van der Waals surface area contributed by atoms with E-state index in [9.17, 15) is 18.0 Å². The summed E-state index contributed by atoms with van der Waals surface area (Å²) in [6, 6.07) is 4.72. The van der Waals surface area contributed by atoms with E-state index in [0.29, 0.717) is 5.92 Å². The molecule has 2 nitrogen and oxygen atoms in total. The van der Waals surface area contributed by atoms with E-state index in [2.05, 4.69) is 0 Å². The third-order valence-corrected chi connectivity index (χ3v) is 4.78. The minimum Gasteiger partial charge on any atom is -0.327 e. The first kappa shape index (κ1) is 13.6. The molecule has 5 heteroatoms. The number of hydrogen-bond acceptors (Lipinski definition) is 2. The molecule has 4 atom stereocenters. The van der Waals surface area contributed by atoms with Crippen molar-refractivity contribution in [3.8, 4) is 0 Å².